The van der Waals surface area contributed by atoms with Gasteiger partial charge in [-0.15, -0.1) is 23.7 Å². The SMILES string of the molecule is Cl.N[C@@H]1CCCN(CC(=O)N2CCc3sccc3C2)C1. The number of nitrogens with two attached hydrogens (primary N) is 1. The van der Waals surface area contributed by atoms with E-state index in [-0.39, 0.29) is 24.4 Å². The van der Waals surface area contributed by atoms with Crippen LogP contribution in [0.3, 0.4) is 0 Å². The van der Waals surface area contributed by atoms with Gasteiger partial charge >= 0.3 is 0 Å². The van der Waals surface area contributed by atoms with Crippen molar-refractivity contribution in [1.29, 1.82) is 0 Å². The van der Waals surface area contributed by atoms with E-state index < -0.39 is 0 Å². The number of rotatable bonds is 2. The fourth-order valence-corrected chi connectivity index (χ4v) is 3.88. The standard InChI is InChI=1S/C14H21N3OS.ClH/c15-12-2-1-5-16(9-12)10-14(18)17-6-3-13-11(8-17)4-7-19-13;/h4,7,12H,1-3,5-6,8-10,15H2;1H/t12-;/m1./s1. The highest BCUT2D eigenvalue weighted by Crippen LogP contribution is 2.24. The summed E-state index contributed by atoms with van der Waals surface area (Å²) in [4.78, 5) is 18.0. The summed E-state index contributed by atoms with van der Waals surface area (Å²) in [6.07, 6.45) is 3.22. The molecule has 0 bridgehead atoms. The maximum absolute atomic E-state index is 12.4. The van der Waals surface area contributed by atoms with Gasteiger partial charge in [0.15, 0.2) is 0 Å². The van der Waals surface area contributed by atoms with Gasteiger partial charge < -0.3 is 10.6 Å². The smallest absolute Gasteiger partial charge is 0.237 e. The highest BCUT2D eigenvalue weighted by atomic mass is 35.5. The maximum atomic E-state index is 12.4. The molecule has 0 aromatic carbocycles. The van der Waals surface area contributed by atoms with Gasteiger partial charge in [-0.2, -0.15) is 0 Å². The Kier molecular flexibility index (Phi) is 5.43. The van der Waals surface area contributed by atoms with Crippen LogP contribution < -0.4 is 5.73 Å². The monoisotopic (exact) mass is 315 g/mol. The quantitative estimate of drug-likeness (QED) is 0.899. The Morgan fingerprint density at radius 2 is 2.30 bits per heavy atom. The minimum absolute atomic E-state index is 0. The van der Waals surface area contributed by atoms with Gasteiger partial charge in [-0.25, -0.2) is 0 Å². The molecule has 1 atom stereocenters. The second-order valence-corrected chi connectivity index (χ2v) is 6.57. The van der Waals surface area contributed by atoms with Crippen molar-refractivity contribution in [3.8, 4) is 0 Å². The summed E-state index contributed by atoms with van der Waals surface area (Å²) in [5.74, 6) is 0.256. The van der Waals surface area contributed by atoms with E-state index in [0.29, 0.717) is 6.54 Å². The Hall–Kier alpha value is -0.620. The van der Waals surface area contributed by atoms with E-state index >= 15 is 0 Å². The molecule has 4 nitrogen and oxygen atoms in total. The molecule has 2 aliphatic heterocycles. The second kappa shape index (κ2) is 6.89. The molecule has 0 aliphatic carbocycles. The summed E-state index contributed by atoms with van der Waals surface area (Å²) in [5.41, 5.74) is 7.30. The predicted octanol–water partition coefficient (Wildman–Crippen LogP) is 1.48. The van der Waals surface area contributed by atoms with Gasteiger partial charge in [-0.3, -0.25) is 9.69 Å². The van der Waals surface area contributed by atoms with E-state index in [9.17, 15) is 4.79 Å². The van der Waals surface area contributed by atoms with Gasteiger partial charge in [0.05, 0.1) is 6.54 Å². The van der Waals surface area contributed by atoms with Crippen molar-refractivity contribution in [3.63, 3.8) is 0 Å². The molecule has 0 unspecified atom stereocenters. The van der Waals surface area contributed by atoms with Gasteiger partial charge in [0.2, 0.25) is 5.91 Å². The molecule has 0 spiro atoms. The first-order chi connectivity index (χ1) is 9.22. The van der Waals surface area contributed by atoms with Crippen LogP contribution in [0.2, 0.25) is 0 Å². The first-order valence-corrected chi connectivity index (χ1v) is 7.91. The van der Waals surface area contributed by atoms with E-state index in [1.807, 2.05) is 16.2 Å². The van der Waals surface area contributed by atoms with Crippen LogP contribution >= 0.6 is 23.7 Å². The summed E-state index contributed by atoms with van der Waals surface area (Å²) in [6.45, 7) is 4.07. The predicted molar refractivity (Wildman–Crippen MR) is 84.3 cm³/mol. The van der Waals surface area contributed by atoms with Crippen LogP contribution in [0.25, 0.3) is 0 Å². The zero-order valence-electron chi connectivity index (χ0n) is 11.6. The molecule has 6 heteroatoms. The first-order valence-electron chi connectivity index (χ1n) is 7.03. The van der Waals surface area contributed by atoms with Gasteiger partial charge in [0, 0.05) is 30.6 Å². The molecule has 1 aromatic rings. The Bertz CT molecular complexity index is 465. The highest BCUT2D eigenvalue weighted by Gasteiger charge is 2.24. The molecule has 0 saturated carbocycles. The van der Waals surface area contributed by atoms with Gasteiger partial charge in [0.1, 0.15) is 0 Å². The lowest BCUT2D eigenvalue weighted by Gasteiger charge is -2.33. The summed E-state index contributed by atoms with van der Waals surface area (Å²) in [5, 5.41) is 2.13. The molecule has 2 N–H and O–H groups in total. The third-order valence-corrected chi connectivity index (χ3v) is 5.08. The molecule has 1 saturated heterocycles. The fourth-order valence-electron chi connectivity index (χ4n) is 2.99. The van der Waals surface area contributed by atoms with E-state index in [2.05, 4.69) is 16.3 Å². The third-order valence-electron chi connectivity index (χ3n) is 4.06. The van der Waals surface area contributed by atoms with Gasteiger partial charge in [-0.05, 0) is 42.8 Å². The van der Waals surface area contributed by atoms with E-state index in [4.69, 9.17) is 5.73 Å². The number of carbonyl (C=O) groups is 1. The molecule has 20 heavy (non-hydrogen) atoms. The summed E-state index contributed by atoms with van der Waals surface area (Å²) >= 11 is 1.81. The number of hydrogen-bond acceptors (Lipinski definition) is 4. The van der Waals surface area contributed by atoms with Crippen LogP contribution in [0, 0.1) is 0 Å². The van der Waals surface area contributed by atoms with Gasteiger partial charge in [-0.1, -0.05) is 0 Å². The second-order valence-electron chi connectivity index (χ2n) is 5.57. The lowest BCUT2D eigenvalue weighted by Crippen LogP contribution is -2.48. The molecule has 1 amide bonds. The molecular weight excluding hydrogens is 294 g/mol. The lowest BCUT2D eigenvalue weighted by molar-refractivity contribution is -0.133. The van der Waals surface area contributed by atoms with Crippen molar-refractivity contribution in [2.75, 3.05) is 26.2 Å². The first kappa shape index (κ1) is 15.8. The molecule has 3 rings (SSSR count). The number of halogens is 1. The molecule has 112 valence electrons. The molecule has 2 aliphatic rings. The number of thiophene rings is 1. The minimum Gasteiger partial charge on any atom is -0.337 e. The number of hydrogen-bond donors (Lipinski definition) is 1. The average molecular weight is 316 g/mol. The van der Waals surface area contributed by atoms with Crippen LogP contribution in [0.5, 0.6) is 0 Å². The van der Waals surface area contributed by atoms with Crippen molar-refractivity contribution in [1.82, 2.24) is 9.80 Å². The molecule has 1 aromatic heterocycles. The van der Waals surface area contributed by atoms with Crippen molar-refractivity contribution in [2.24, 2.45) is 5.73 Å². The summed E-state index contributed by atoms with van der Waals surface area (Å²) in [7, 11) is 0. The summed E-state index contributed by atoms with van der Waals surface area (Å²) in [6, 6.07) is 2.39. The number of piperidine rings is 1. The Balaban J connectivity index is 0.00000147. The highest BCUT2D eigenvalue weighted by molar-refractivity contribution is 7.10. The molecule has 1 fully saturated rings. The van der Waals surface area contributed by atoms with E-state index in [1.54, 1.807) is 0 Å². The topological polar surface area (TPSA) is 49.6 Å². The Morgan fingerprint density at radius 3 is 3.10 bits per heavy atom. The lowest BCUT2D eigenvalue weighted by atomic mass is 10.1. The zero-order valence-corrected chi connectivity index (χ0v) is 13.2. The van der Waals surface area contributed by atoms with Crippen molar-refractivity contribution in [2.45, 2.75) is 31.8 Å². The molecule has 0 radical (unpaired) electrons. The minimum atomic E-state index is 0. The Morgan fingerprint density at radius 1 is 1.45 bits per heavy atom. The van der Waals surface area contributed by atoms with Crippen LogP contribution in [0.4, 0.5) is 0 Å². The van der Waals surface area contributed by atoms with E-state index in [1.165, 1.54) is 10.4 Å². The van der Waals surface area contributed by atoms with Crippen molar-refractivity contribution in [3.05, 3.63) is 21.9 Å². The number of fused-ring (bicyclic) bond motifs is 1. The maximum Gasteiger partial charge on any atom is 0.237 e. The fraction of sp³-hybridized carbons (Fsp3) is 0.643. The third kappa shape index (κ3) is 3.52. The average Bonchev–Trinajstić information content (AvgIpc) is 2.85. The molecule has 3 heterocycles. The van der Waals surface area contributed by atoms with Crippen molar-refractivity contribution >= 4 is 29.7 Å². The van der Waals surface area contributed by atoms with Gasteiger partial charge in [0.25, 0.3) is 0 Å². The zero-order chi connectivity index (χ0) is 13.2. The van der Waals surface area contributed by atoms with Crippen LogP contribution in [-0.2, 0) is 17.8 Å². The Labute approximate surface area is 130 Å². The van der Waals surface area contributed by atoms with E-state index in [0.717, 1.165) is 45.4 Å². The largest absolute Gasteiger partial charge is 0.337 e. The number of amides is 1. The van der Waals surface area contributed by atoms with Crippen molar-refractivity contribution < 1.29 is 4.79 Å². The van der Waals surface area contributed by atoms with Crippen LogP contribution in [-0.4, -0.2) is 47.9 Å². The number of carbonyl (C=O) groups excluding carboxylic acids is 1. The molecular formula is C14H22ClN3OS. The van der Waals surface area contributed by atoms with Crippen LogP contribution in [0.1, 0.15) is 23.3 Å². The number of likely N-dealkylation sites (tertiary alicyclic amines) is 1. The summed E-state index contributed by atoms with van der Waals surface area (Å²) < 4.78 is 0. The number of nitrogens with zero attached hydrogens (tertiary/aromatic N) is 2. The normalized spacial score (nSPS) is 23.1. The van der Waals surface area contributed by atoms with Crippen LogP contribution in [0.15, 0.2) is 11.4 Å².